The Balaban J connectivity index is 1.96. The molecule has 80 valence electrons. The van der Waals surface area contributed by atoms with Gasteiger partial charge in [0, 0.05) is 19.0 Å². The lowest BCUT2D eigenvalue weighted by molar-refractivity contribution is -0.139. The number of hydrogen-bond acceptors (Lipinski definition) is 3. The third-order valence-electron chi connectivity index (χ3n) is 3.17. The first kappa shape index (κ1) is 9.93. The van der Waals surface area contributed by atoms with E-state index in [9.17, 15) is 9.90 Å². The minimum absolute atomic E-state index is 0.219. The minimum atomic E-state index is -0.831. The maximum atomic E-state index is 11.7. The van der Waals surface area contributed by atoms with E-state index < -0.39 is 5.60 Å². The highest BCUT2D eigenvalue weighted by molar-refractivity contribution is 5.81. The molecule has 0 aromatic rings. The first-order valence-corrected chi connectivity index (χ1v) is 5.36. The van der Waals surface area contributed by atoms with Crippen LogP contribution in [-0.4, -0.2) is 41.1 Å². The second kappa shape index (κ2) is 3.51. The van der Waals surface area contributed by atoms with Crippen LogP contribution in [0.4, 0.5) is 0 Å². The molecule has 0 aromatic heterocycles. The van der Waals surface area contributed by atoms with Crippen LogP contribution >= 0.6 is 0 Å². The van der Waals surface area contributed by atoms with Gasteiger partial charge in [-0.15, -0.1) is 0 Å². The quantitative estimate of drug-likeness (QED) is 0.640. The second-order valence-electron chi connectivity index (χ2n) is 4.57. The van der Waals surface area contributed by atoms with E-state index in [1.54, 1.807) is 4.90 Å². The fourth-order valence-corrected chi connectivity index (χ4v) is 2.06. The predicted octanol–water partition coefficient (Wildman–Crippen LogP) is -0.291. The van der Waals surface area contributed by atoms with E-state index in [1.807, 2.05) is 0 Å². The van der Waals surface area contributed by atoms with Crippen molar-refractivity contribution < 1.29 is 9.90 Å². The molecule has 4 nitrogen and oxygen atoms in total. The van der Waals surface area contributed by atoms with E-state index in [1.165, 1.54) is 0 Å². The van der Waals surface area contributed by atoms with Gasteiger partial charge in [-0.3, -0.25) is 4.79 Å². The van der Waals surface area contributed by atoms with Gasteiger partial charge in [-0.1, -0.05) is 0 Å². The van der Waals surface area contributed by atoms with Crippen LogP contribution in [0, 0.1) is 5.92 Å². The van der Waals surface area contributed by atoms with Crippen LogP contribution in [0.15, 0.2) is 0 Å². The Bertz CT molecular complexity index is 240. The molecule has 14 heavy (non-hydrogen) atoms. The number of nitrogens with two attached hydrogens (primary N) is 1. The third kappa shape index (κ3) is 1.91. The zero-order valence-electron chi connectivity index (χ0n) is 8.41. The molecule has 1 amide bonds. The van der Waals surface area contributed by atoms with E-state index in [4.69, 9.17) is 5.73 Å². The van der Waals surface area contributed by atoms with Gasteiger partial charge in [-0.2, -0.15) is 0 Å². The molecule has 2 aliphatic rings. The summed E-state index contributed by atoms with van der Waals surface area (Å²) in [6, 6.07) is 0. The Morgan fingerprint density at radius 2 is 2.29 bits per heavy atom. The zero-order chi connectivity index (χ0) is 10.2. The Kier molecular flexibility index (Phi) is 2.49. The average Bonchev–Trinajstić information content (AvgIpc) is 3.00. The Morgan fingerprint density at radius 3 is 2.86 bits per heavy atom. The molecule has 0 bridgehead atoms. The number of β-amino-alcohol motifs (C(OH)–C–C–N with tert-alkyl or cyclic N) is 1. The van der Waals surface area contributed by atoms with Gasteiger partial charge in [0.1, 0.15) is 0 Å². The Morgan fingerprint density at radius 1 is 1.57 bits per heavy atom. The number of nitrogens with zero attached hydrogens (tertiary/aromatic N) is 1. The summed E-state index contributed by atoms with van der Waals surface area (Å²) in [6.45, 7) is 1.47. The van der Waals surface area contributed by atoms with Crippen molar-refractivity contribution in [1.82, 2.24) is 4.90 Å². The van der Waals surface area contributed by atoms with E-state index in [0.717, 1.165) is 32.2 Å². The minimum Gasteiger partial charge on any atom is -0.387 e. The third-order valence-corrected chi connectivity index (χ3v) is 3.17. The molecule has 0 spiro atoms. The summed E-state index contributed by atoms with van der Waals surface area (Å²) >= 11 is 0. The van der Waals surface area contributed by atoms with Crippen molar-refractivity contribution in [1.29, 1.82) is 0 Å². The van der Waals surface area contributed by atoms with Crippen molar-refractivity contribution in [2.75, 3.05) is 19.6 Å². The smallest absolute Gasteiger partial charge is 0.225 e. The fraction of sp³-hybridized carbons (Fsp3) is 0.900. The molecule has 1 aliphatic carbocycles. The van der Waals surface area contributed by atoms with Crippen molar-refractivity contribution in [3.05, 3.63) is 0 Å². The number of carbonyl (C=O) groups excluding carboxylic acids is 1. The molecule has 3 N–H and O–H groups in total. The van der Waals surface area contributed by atoms with Crippen LogP contribution in [0.1, 0.15) is 25.7 Å². The van der Waals surface area contributed by atoms with E-state index in [0.29, 0.717) is 6.54 Å². The Hall–Kier alpha value is -0.610. The molecular formula is C10H18N2O2. The van der Waals surface area contributed by atoms with E-state index >= 15 is 0 Å². The van der Waals surface area contributed by atoms with Crippen LogP contribution in [0.5, 0.6) is 0 Å². The molecule has 1 aliphatic heterocycles. The summed E-state index contributed by atoms with van der Waals surface area (Å²) < 4.78 is 0. The largest absolute Gasteiger partial charge is 0.387 e. The van der Waals surface area contributed by atoms with Crippen molar-refractivity contribution in [2.45, 2.75) is 31.3 Å². The number of carbonyl (C=O) groups is 1. The van der Waals surface area contributed by atoms with Crippen LogP contribution in [0.3, 0.4) is 0 Å². The van der Waals surface area contributed by atoms with E-state index in [2.05, 4.69) is 0 Å². The maximum absolute atomic E-state index is 11.7. The summed E-state index contributed by atoms with van der Waals surface area (Å²) in [5, 5.41) is 9.98. The molecule has 1 saturated carbocycles. The number of piperidine rings is 1. The number of hydrogen-bond donors (Lipinski definition) is 2. The molecule has 2 rings (SSSR count). The van der Waals surface area contributed by atoms with Gasteiger partial charge in [0.2, 0.25) is 5.91 Å². The number of amides is 1. The summed E-state index contributed by atoms with van der Waals surface area (Å²) in [4.78, 5) is 13.5. The fourth-order valence-electron chi connectivity index (χ4n) is 2.06. The lowest BCUT2D eigenvalue weighted by Gasteiger charge is -2.38. The van der Waals surface area contributed by atoms with Gasteiger partial charge in [-0.05, 0) is 25.7 Å². The van der Waals surface area contributed by atoms with Crippen LogP contribution in [0.25, 0.3) is 0 Å². The summed E-state index contributed by atoms with van der Waals surface area (Å²) in [5.74, 6) is 0.465. The number of aliphatic hydroxyl groups is 1. The summed E-state index contributed by atoms with van der Waals surface area (Å²) in [5.41, 5.74) is 4.67. The topological polar surface area (TPSA) is 66.6 Å². The van der Waals surface area contributed by atoms with E-state index in [-0.39, 0.29) is 18.4 Å². The SMILES string of the molecule is NCC1(O)CCCN(C(=O)C2CC2)C1. The van der Waals surface area contributed by atoms with Crippen molar-refractivity contribution in [3.8, 4) is 0 Å². The highest BCUT2D eigenvalue weighted by Gasteiger charge is 2.39. The van der Waals surface area contributed by atoms with Crippen LogP contribution in [0.2, 0.25) is 0 Å². The van der Waals surface area contributed by atoms with Crippen molar-refractivity contribution in [2.24, 2.45) is 11.7 Å². The van der Waals surface area contributed by atoms with Crippen molar-refractivity contribution >= 4 is 5.91 Å². The standard InChI is InChI=1S/C10H18N2O2/c11-6-10(14)4-1-5-12(7-10)9(13)8-2-3-8/h8,14H,1-7,11H2. The average molecular weight is 198 g/mol. The van der Waals surface area contributed by atoms with Crippen LogP contribution in [-0.2, 0) is 4.79 Å². The van der Waals surface area contributed by atoms with Gasteiger partial charge in [0.15, 0.2) is 0 Å². The highest BCUT2D eigenvalue weighted by Crippen LogP contribution is 2.32. The highest BCUT2D eigenvalue weighted by atomic mass is 16.3. The number of rotatable bonds is 2. The lowest BCUT2D eigenvalue weighted by Crippen LogP contribution is -2.54. The number of likely N-dealkylation sites (tertiary alicyclic amines) is 1. The first-order chi connectivity index (χ1) is 6.64. The van der Waals surface area contributed by atoms with Gasteiger partial charge in [0.05, 0.1) is 12.1 Å². The van der Waals surface area contributed by atoms with Gasteiger partial charge in [0.25, 0.3) is 0 Å². The van der Waals surface area contributed by atoms with Crippen LogP contribution < -0.4 is 5.73 Å². The Labute approximate surface area is 84.1 Å². The van der Waals surface area contributed by atoms with Gasteiger partial charge in [-0.25, -0.2) is 0 Å². The molecule has 1 atom stereocenters. The molecule has 1 saturated heterocycles. The summed E-state index contributed by atoms with van der Waals surface area (Å²) in [7, 11) is 0. The predicted molar refractivity (Wildman–Crippen MR) is 52.5 cm³/mol. The van der Waals surface area contributed by atoms with Gasteiger partial charge < -0.3 is 15.7 Å². The molecule has 0 aromatic carbocycles. The first-order valence-electron chi connectivity index (χ1n) is 5.36. The van der Waals surface area contributed by atoms with Gasteiger partial charge >= 0.3 is 0 Å². The van der Waals surface area contributed by atoms with Crippen molar-refractivity contribution in [3.63, 3.8) is 0 Å². The molecule has 0 radical (unpaired) electrons. The normalized spacial score (nSPS) is 33.1. The zero-order valence-corrected chi connectivity index (χ0v) is 8.41. The summed E-state index contributed by atoms with van der Waals surface area (Å²) in [6.07, 6.45) is 3.64. The molecule has 1 unspecified atom stereocenters. The molecular weight excluding hydrogens is 180 g/mol. The monoisotopic (exact) mass is 198 g/mol. The molecule has 1 heterocycles. The molecule has 4 heteroatoms. The lowest BCUT2D eigenvalue weighted by atomic mass is 9.93. The maximum Gasteiger partial charge on any atom is 0.225 e. The molecule has 2 fully saturated rings. The second-order valence-corrected chi connectivity index (χ2v) is 4.57.